The van der Waals surface area contributed by atoms with Crippen molar-refractivity contribution in [2.45, 2.75) is 27.2 Å². The van der Waals surface area contributed by atoms with E-state index < -0.39 is 0 Å². The molecule has 8 nitrogen and oxygen atoms in total. The Labute approximate surface area is 148 Å². The summed E-state index contributed by atoms with van der Waals surface area (Å²) >= 11 is 0. The van der Waals surface area contributed by atoms with Crippen LogP contribution in [0, 0.1) is 12.8 Å². The molecule has 1 N–H and O–H groups in total. The molecule has 2 heterocycles. The van der Waals surface area contributed by atoms with E-state index in [0.29, 0.717) is 37.8 Å². The minimum absolute atomic E-state index is 0.00487. The van der Waals surface area contributed by atoms with Gasteiger partial charge in [0.15, 0.2) is 5.82 Å². The number of carbonyl (C=O) groups is 2. The zero-order valence-corrected chi connectivity index (χ0v) is 15.3. The lowest BCUT2D eigenvalue weighted by atomic mass is 10.1. The van der Waals surface area contributed by atoms with Crippen molar-refractivity contribution >= 4 is 17.6 Å². The molecule has 25 heavy (non-hydrogen) atoms. The van der Waals surface area contributed by atoms with E-state index in [1.165, 1.54) is 0 Å². The Balaban J connectivity index is 1.90. The molecule has 0 aliphatic carbocycles. The van der Waals surface area contributed by atoms with Crippen molar-refractivity contribution in [1.29, 1.82) is 0 Å². The molecule has 1 fully saturated rings. The maximum absolute atomic E-state index is 12.5. The molecule has 1 saturated heterocycles. The number of amides is 2. The van der Waals surface area contributed by atoms with E-state index in [4.69, 9.17) is 9.26 Å². The van der Waals surface area contributed by atoms with Crippen molar-refractivity contribution in [1.82, 2.24) is 15.0 Å². The first-order valence-corrected chi connectivity index (χ1v) is 8.75. The fourth-order valence-electron chi connectivity index (χ4n) is 2.64. The average Bonchev–Trinajstić information content (AvgIpc) is 2.96. The Morgan fingerprint density at radius 1 is 1.36 bits per heavy atom. The summed E-state index contributed by atoms with van der Waals surface area (Å²) in [6.45, 7) is 10.2. The summed E-state index contributed by atoms with van der Waals surface area (Å²) < 4.78 is 10.3. The number of aromatic nitrogens is 1. The average molecular weight is 352 g/mol. The third kappa shape index (κ3) is 6.83. The lowest BCUT2D eigenvalue weighted by Crippen LogP contribution is -2.45. The van der Waals surface area contributed by atoms with E-state index >= 15 is 0 Å². The first kappa shape index (κ1) is 19.4. The van der Waals surface area contributed by atoms with Crippen molar-refractivity contribution in [3.05, 3.63) is 11.8 Å². The molecule has 1 aliphatic heterocycles. The Hall–Kier alpha value is -1.93. The van der Waals surface area contributed by atoms with Crippen molar-refractivity contribution < 1.29 is 18.8 Å². The van der Waals surface area contributed by atoms with Crippen LogP contribution >= 0.6 is 0 Å². The topological polar surface area (TPSA) is 87.9 Å². The number of hydrogen-bond donors (Lipinski definition) is 1. The minimum atomic E-state index is -0.271. The smallest absolute Gasteiger partial charge is 0.245 e. The quantitative estimate of drug-likeness (QED) is 0.754. The summed E-state index contributed by atoms with van der Waals surface area (Å²) in [5, 5.41) is 6.41. The SMILES string of the molecule is Cc1cc(NC(=O)CN(CCN2CCOCC2)C(=O)CC(C)C)no1. The molecule has 140 valence electrons. The van der Waals surface area contributed by atoms with Crippen molar-refractivity contribution in [2.24, 2.45) is 5.92 Å². The largest absolute Gasteiger partial charge is 0.379 e. The summed E-state index contributed by atoms with van der Waals surface area (Å²) in [6.07, 6.45) is 0.430. The summed E-state index contributed by atoms with van der Waals surface area (Å²) in [6, 6.07) is 1.64. The van der Waals surface area contributed by atoms with Crippen LogP contribution in [0.1, 0.15) is 26.0 Å². The molecule has 0 atom stereocenters. The highest BCUT2D eigenvalue weighted by molar-refractivity contribution is 5.93. The Kier molecular flexibility index (Phi) is 7.39. The van der Waals surface area contributed by atoms with Crippen LogP contribution in [-0.2, 0) is 14.3 Å². The molecule has 2 rings (SSSR count). The van der Waals surface area contributed by atoms with Gasteiger partial charge in [0.1, 0.15) is 5.76 Å². The highest BCUT2D eigenvalue weighted by Crippen LogP contribution is 2.09. The second-order valence-electron chi connectivity index (χ2n) is 6.74. The van der Waals surface area contributed by atoms with Gasteiger partial charge in [-0.1, -0.05) is 19.0 Å². The molecule has 2 amide bonds. The summed E-state index contributed by atoms with van der Waals surface area (Å²) in [5.41, 5.74) is 0. The minimum Gasteiger partial charge on any atom is -0.379 e. The molecule has 0 radical (unpaired) electrons. The maximum Gasteiger partial charge on any atom is 0.245 e. The molecular weight excluding hydrogens is 324 g/mol. The molecule has 0 bridgehead atoms. The number of hydrogen-bond acceptors (Lipinski definition) is 6. The zero-order chi connectivity index (χ0) is 18.2. The lowest BCUT2D eigenvalue weighted by Gasteiger charge is -2.30. The van der Waals surface area contributed by atoms with Crippen molar-refractivity contribution in [2.75, 3.05) is 51.3 Å². The Morgan fingerprint density at radius 3 is 2.68 bits per heavy atom. The van der Waals surface area contributed by atoms with Crippen molar-refractivity contribution in [3.63, 3.8) is 0 Å². The van der Waals surface area contributed by atoms with Crippen LogP contribution in [0.2, 0.25) is 0 Å². The molecule has 1 aromatic rings. The number of nitrogens with zero attached hydrogens (tertiary/aromatic N) is 3. The van der Waals surface area contributed by atoms with Crippen LogP contribution in [0.4, 0.5) is 5.82 Å². The van der Waals surface area contributed by atoms with Gasteiger partial charge in [0, 0.05) is 38.7 Å². The van der Waals surface area contributed by atoms with Gasteiger partial charge in [-0.15, -0.1) is 0 Å². The third-order valence-corrected chi connectivity index (χ3v) is 3.96. The lowest BCUT2D eigenvalue weighted by molar-refractivity contribution is -0.135. The van der Waals surface area contributed by atoms with Gasteiger partial charge >= 0.3 is 0 Å². The zero-order valence-electron chi connectivity index (χ0n) is 15.3. The van der Waals surface area contributed by atoms with Crippen LogP contribution in [-0.4, -0.2) is 72.7 Å². The van der Waals surface area contributed by atoms with E-state index in [-0.39, 0.29) is 24.3 Å². The molecule has 1 aromatic heterocycles. The van der Waals surface area contributed by atoms with Crippen LogP contribution in [0.3, 0.4) is 0 Å². The third-order valence-electron chi connectivity index (χ3n) is 3.96. The first-order chi connectivity index (χ1) is 11.9. The maximum atomic E-state index is 12.5. The van der Waals surface area contributed by atoms with Crippen molar-refractivity contribution in [3.8, 4) is 0 Å². The highest BCUT2D eigenvalue weighted by Gasteiger charge is 2.20. The number of carbonyl (C=O) groups excluding carboxylic acids is 2. The standard InChI is InChI=1S/C17H28N4O4/c1-13(2)10-17(23)21(5-4-20-6-8-24-9-7-20)12-16(22)18-15-11-14(3)25-19-15/h11,13H,4-10,12H2,1-3H3,(H,18,19,22). The van der Waals surface area contributed by atoms with Gasteiger partial charge in [-0.3, -0.25) is 14.5 Å². The Bertz CT molecular complexity index is 567. The van der Waals surface area contributed by atoms with Crippen LogP contribution in [0.25, 0.3) is 0 Å². The molecule has 0 aromatic carbocycles. The molecule has 0 saturated carbocycles. The number of ether oxygens (including phenoxy) is 1. The van der Waals surface area contributed by atoms with Crippen LogP contribution < -0.4 is 5.32 Å². The number of nitrogens with one attached hydrogen (secondary N) is 1. The molecule has 0 unspecified atom stereocenters. The van der Waals surface area contributed by atoms with Gasteiger partial charge < -0.3 is 19.5 Å². The number of anilines is 1. The molecular formula is C17H28N4O4. The Morgan fingerprint density at radius 2 is 2.08 bits per heavy atom. The van der Waals surface area contributed by atoms with E-state index in [1.54, 1.807) is 17.9 Å². The molecule has 0 spiro atoms. The van der Waals surface area contributed by atoms with Gasteiger partial charge in [-0.05, 0) is 12.8 Å². The summed E-state index contributed by atoms with van der Waals surface area (Å²) in [5.74, 6) is 0.962. The van der Waals surface area contributed by atoms with E-state index in [0.717, 1.165) is 19.6 Å². The van der Waals surface area contributed by atoms with Crippen LogP contribution in [0.15, 0.2) is 10.6 Å². The van der Waals surface area contributed by atoms with Gasteiger partial charge in [0.05, 0.1) is 19.8 Å². The molecule has 1 aliphatic rings. The highest BCUT2D eigenvalue weighted by atomic mass is 16.5. The predicted octanol–water partition coefficient (Wildman–Crippen LogP) is 1.13. The first-order valence-electron chi connectivity index (χ1n) is 8.75. The fraction of sp³-hybridized carbons (Fsp3) is 0.706. The van der Waals surface area contributed by atoms with Gasteiger partial charge in [0.25, 0.3) is 0 Å². The predicted molar refractivity (Wildman–Crippen MR) is 93.2 cm³/mol. The van der Waals surface area contributed by atoms with Crippen LogP contribution in [0.5, 0.6) is 0 Å². The summed E-state index contributed by atoms with van der Waals surface area (Å²) in [7, 11) is 0. The summed E-state index contributed by atoms with van der Waals surface area (Å²) in [4.78, 5) is 28.6. The number of morpholine rings is 1. The number of rotatable bonds is 8. The van der Waals surface area contributed by atoms with E-state index in [2.05, 4.69) is 15.4 Å². The number of aryl methyl sites for hydroxylation is 1. The van der Waals surface area contributed by atoms with Gasteiger partial charge in [-0.2, -0.15) is 0 Å². The fourth-order valence-corrected chi connectivity index (χ4v) is 2.64. The monoisotopic (exact) mass is 352 g/mol. The molecule has 8 heteroatoms. The van der Waals surface area contributed by atoms with E-state index in [9.17, 15) is 9.59 Å². The second-order valence-corrected chi connectivity index (χ2v) is 6.74. The second kappa shape index (κ2) is 9.53. The van der Waals surface area contributed by atoms with E-state index in [1.807, 2.05) is 13.8 Å². The normalized spacial score (nSPS) is 15.4. The van der Waals surface area contributed by atoms with Gasteiger partial charge in [-0.25, -0.2) is 0 Å². The van der Waals surface area contributed by atoms with Gasteiger partial charge in [0.2, 0.25) is 11.8 Å².